The number of fused-ring (bicyclic) bond motifs is 2. The minimum absolute atomic E-state index is 0.356. The molecule has 2 aliphatic rings. The van der Waals surface area contributed by atoms with Gasteiger partial charge < -0.3 is 5.21 Å². The van der Waals surface area contributed by atoms with Crippen molar-refractivity contribution in [3.8, 4) is 0 Å². The number of rotatable bonds is 0. The van der Waals surface area contributed by atoms with Crippen molar-refractivity contribution in [1.82, 2.24) is 4.90 Å². The molecule has 1 aromatic rings. The third-order valence-electron chi connectivity index (χ3n) is 3.39. The van der Waals surface area contributed by atoms with Crippen LogP contribution in [0.1, 0.15) is 29.7 Å². The molecule has 0 radical (unpaired) electrons. The predicted molar refractivity (Wildman–Crippen MR) is 60.7 cm³/mol. The Kier molecular flexibility index (Phi) is 2.25. The van der Waals surface area contributed by atoms with Crippen molar-refractivity contribution >= 4 is 17.0 Å². The van der Waals surface area contributed by atoms with Gasteiger partial charge in [0, 0.05) is 6.54 Å². The minimum Gasteiger partial charge on any atom is -0.411 e. The van der Waals surface area contributed by atoms with Gasteiger partial charge in [0.05, 0.1) is 10.9 Å². The first-order valence-corrected chi connectivity index (χ1v) is 6.31. The number of nitrogens with zero attached hydrogens (tertiary/aromatic N) is 2. The first kappa shape index (κ1) is 9.36. The summed E-state index contributed by atoms with van der Waals surface area (Å²) in [5, 5.41) is 14.8. The van der Waals surface area contributed by atoms with Crippen LogP contribution in [-0.2, 0) is 6.54 Å². The van der Waals surface area contributed by atoms with E-state index in [4.69, 9.17) is 5.21 Å². The van der Waals surface area contributed by atoms with E-state index in [1.165, 1.54) is 23.3 Å². The van der Waals surface area contributed by atoms with Gasteiger partial charge in [0.25, 0.3) is 0 Å². The van der Waals surface area contributed by atoms with Crippen LogP contribution in [-0.4, -0.2) is 28.4 Å². The fourth-order valence-corrected chi connectivity index (χ4v) is 3.61. The summed E-state index contributed by atoms with van der Waals surface area (Å²) in [5.74, 6) is 0. The van der Waals surface area contributed by atoms with Gasteiger partial charge in [-0.2, -0.15) is 0 Å². The average molecular weight is 222 g/mol. The van der Waals surface area contributed by atoms with E-state index < -0.39 is 0 Å². The highest BCUT2D eigenvalue weighted by molar-refractivity contribution is 7.12. The molecule has 3 nitrogen and oxygen atoms in total. The maximum absolute atomic E-state index is 9.16. The molecule has 0 bridgehead atoms. The van der Waals surface area contributed by atoms with Crippen molar-refractivity contribution in [1.29, 1.82) is 0 Å². The predicted octanol–water partition coefficient (Wildman–Crippen LogP) is 2.29. The molecule has 1 unspecified atom stereocenters. The molecule has 0 aliphatic carbocycles. The molecular formula is C11H14N2OS. The van der Waals surface area contributed by atoms with Gasteiger partial charge >= 0.3 is 0 Å². The highest BCUT2D eigenvalue weighted by Crippen LogP contribution is 2.32. The maximum atomic E-state index is 9.16. The SMILES string of the molecule is O/N=C1\c2sccc2CN2CCCCC12. The second-order valence-electron chi connectivity index (χ2n) is 4.24. The lowest BCUT2D eigenvalue weighted by molar-refractivity contribution is 0.174. The Hall–Kier alpha value is -0.870. The van der Waals surface area contributed by atoms with Gasteiger partial charge in [0.2, 0.25) is 0 Å². The van der Waals surface area contributed by atoms with E-state index in [9.17, 15) is 0 Å². The Morgan fingerprint density at radius 2 is 2.40 bits per heavy atom. The van der Waals surface area contributed by atoms with E-state index in [0.29, 0.717) is 6.04 Å². The standard InChI is InChI=1S/C11H14N2OS/c14-12-10-9-3-1-2-5-13(9)7-8-4-6-15-11(8)10/h4,6,9,14H,1-3,5,7H2/b12-10-. The zero-order valence-electron chi connectivity index (χ0n) is 8.52. The summed E-state index contributed by atoms with van der Waals surface area (Å²) >= 11 is 1.70. The van der Waals surface area contributed by atoms with Crippen molar-refractivity contribution in [3.05, 3.63) is 21.9 Å². The average Bonchev–Trinajstić information content (AvgIpc) is 2.73. The van der Waals surface area contributed by atoms with Crippen molar-refractivity contribution in [2.45, 2.75) is 31.8 Å². The number of hydrogen-bond donors (Lipinski definition) is 1. The minimum atomic E-state index is 0.356. The molecule has 0 saturated carbocycles. The van der Waals surface area contributed by atoms with Crippen molar-refractivity contribution in [2.24, 2.45) is 5.16 Å². The lowest BCUT2D eigenvalue weighted by Gasteiger charge is -2.39. The monoisotopic (exact) mass is 222 g/mol. The van der Waals surface area contributed by atoms with Gasteiger partial charge in [-0.3, -0.25) is 4.90 Å². The highest BCUT2D eigenvalue weighted by Gasteiger charge is 2.34. The van der Waals surface area contributed by atoms with Crippen LogP contribution in [0.15, 0.2) is 16.6 Å². The van der Waals surface area contributed by atoms with Gasteiger partial charge in [0.15, 0.2) is 0 Å². The molecular weight excluding hydrogens is 208 g/mol. The van der Waals surface area contributed by atoms with Crippen LogP contribution < -0.4 is 0 Å². The summed E-state index contributed by atoms with van der Waals surface area (Å²) in [6, 6.07) is 2.51. The van der Waals surface area contributed by atoms with E-state index in [1.54, 1.807) is 11.3 Å². The highest BCUT2D eigenvalue weighted by atomic mass is 32.1. The smallest absolute Gasteiger partial charge is 0.114 e. The molecule has 0 spiro atoms. The molecule has 3 rings (SSSR count). The summed E-state index contributed by atoms with van der Waals surface area (Å²) in [4.78, 5) is 3.63. The molecule has 15 heavy (non-hydrogen) atoms. The lowest BCUT2D eigenvalue weighted by Crippen LogP contribution is -2.47. The zero-order valence-corrected chi connectivity index (χ0v) is 9.33. The molecule has 2 aliphatic heterocycles. The molecule has 4 heteroatoms. The summed E-state index contributed by atoms with van der Waals surface area (Å²) in [6.45, 7) is 2.17. The lowest BCUT2D eigenvalue weighted by atomic mass is 9.92. The Bertz CT molecular complexity index is 399. The molecule has 1 atom stereocenters. The maximum Gasteiger partial charge on any atom is 0.114 e. The van der Waals surface area contributed by atoms with E-state index in [1.807, 2.05) is 0 Å². The number of oxime groups is 1. The number of thiophene rings is 1. The van der Waals surface area contributed by atoms with Gasteiger partial charge in [0.1, 0.15) is 5.71 Å². The Morgan fingerprint density at radius 1 is 1.47 bits per heavy atom. The Balaban J connectivity index is 2.04. The van der Waals surface area contributed by atoms with Crippen molar-refractivity contribution < 1.29 is 5.21 Å². The zero-order chi connectivity index (χ0) is 10.3. The molecule has 0 aromatic carbocycles. The van der Waals surface area contributed by atoms with Gasteiger partial charge in [-0.05, 0) is 36.4 Å². The van der Waals surface area contributed by atoms with Crippen molar-refractivity contribution in [2.75, 3.05) is 6.54 Å². The number of piperidine rings is 1. The van der Waals surface area contributed by atoms with Gasteiger partial charge in [-0.15, -0.1) is 11.3 Å². The first-order chi connectivity index (χ1) is 7.40. The van der Waals surface area contributed by atoms with Crippen LogP contribution in [0.5, 0.6) is 0 Å². The van der Waals surface area contributed by atoms with Crippen LogP contribution >= 0.6 is 11.3 Å². The summed E-state index contributed by atoms with van der Waals surface area (Å²) in [7, 11) is 0. The van der Waals surface area contributed by atoms with E-state index in [2.05, 4.69) is 21.5 Å². The topological polar surface area (TPSA) is 35.8 Å². The van der Waals surface area contributed by atoms with E-state index >= 15 is 0 Å². The van der Waals surface area contributed by atoms with E-state index in [0.717, 1.165) is 25.2 Å². The molecule has 80 valence electrons. The van der Waals surface area contributed by atoms with Gasteiger partial charge in [-0.25, -0.2) is 0 Å². The van der Waals surface area contributed by atoms with Gasteiger partial charge in [-0.1, -0.05) is 11.6 Å². The van der Waals surface area contributed by atoms with Crippen LogP contribution in [0.4, 0.5) is 0 Å². The first-order valence-electron chi connectivity index (χ1n) is 5.43. The second-order valence-corrected chi connectivity index (χ2v) is 5.16. The molecule has 1 saturated heterocycles. The second kappa shape index (κ2) is 3.61. The van der Waals surface area contributed by atoms with Crippen LogP contribution in [0.3, 0.4) is 0 Å². The van der Waals surface area contributed by atoms with E-state index in [-0.39, 0.29) is 0 Å². The van der Waals surface area contributed by atoms with Crippen LogP contribution in [0, 0.1) is 0 Å². The van der Waals surface area contributed by atoms with Crippen LogP contribution in [0.2, 0.25) is 0 Å². The quantitative estimate of drug-likeness (QED) is 0.540. The Labute approximate surface area is 93.0 Å². The van der Waals surface area contributed by atoms with Crippen LogP contribution in [0.25, 0.3) is 0 Å². The normalized spacial score (nSPS) is 28.8. The number of hydrogen-bond acceptors (Lipinski definition) is 4. The molecule has 1 aromatic heterocycles. The Morgan fingerprint density at radius 3 is 3.27 bits per heavy atom. The summed E-state index contributed by atoms with van der Waals surface area (Å²) < 4.78 is 0. The molecule has 0 amide bonds. The molecule has 3 heterocycles. The van der Waals surface area contributed by atoms with Crippen molar-refractivity contribution in [3.63, 3.8) is 0 Å². The fraction of sp³-hybridized carbons (Fsp3) is 0.545. The summed E-state index contributed by atoms with van der Waals surface area (Å²) in [5.41, 5.74) is 2.22. The third kappa shape index (κ3) is 1.40. The molecule has 1 N–H and O–H groups in total. The largest absolute Gasteiger partial charge is 0.411 e. The molecule has 1 fully saturated rings. The third-order valence-corrected chi connectivity index (χ3v) is 4.37. The summed E-state index contributed by atoms with van der Waals surface area (Å²) in [6.07, 6.45) is 3.66. The fourth-order valence-electron chi connectivity index (χ4n) is 2.66.